The Balaban J connectivity index is 2.23. The molecule has 2 fully saturated rings. The van der Waals surface area contributed by atoms with Crippen molar-refractivity contribution in [3.63, 3.8) is 0 Å². The number of likely N-dealkylation sites (tertiary alicyclic amines) is 1. The monoisotopic (exact) mass is 323 g/mol. The quantitative estimate of drug-likeness (QED) is 0.686. The van der Waals surface area contributed by atoms with Gasteiger partial charge in [0.25, 0.3) is 0 Å². The average Bonchev–Trinajstić information content (AvgIpc) is 2.47. The molecule has 2 rings (SSSR count). The molecule has 0 radical (unpaired) electrons. The maximum atomic E-state index is 11.5. The Kier molecular flexibility index (Phi) is 2.31. The van der Waals surface area contributed by atoms with E-state index in [0.717, 1.165) is 0 Å². The molecule has 0 aromatic carbocycles. The zero-order chi connectivity index (χ0) is 10.7. The lowest BCUT2D eigenvalue weighted by molar-refractivity contribution is -0.136. The second-order valence-electron chi connectivity index (χ2n) is 4.03. The van der Waals surface area contributed by atoms with Crippen molar-refractivity contribution >= 4 is 43.6 Å². The maximum Gasteiger partial charge on any atom is 0.220 e. The summed E-state index contributed by atoms with van der Waals surface area (Å²) < 4.78 is -0.109. The van der Waals surface area contributed by atoms with Gasteiger partial charge in [-0.05, 0) is 6.92 Å². The predicted octanol–water partition coefficient (Wildman–Crippen LogP) is 1.54. The summed E-state index contributed by atoms with van der Waals surface area (Å²) in [6, 6.07) is -0.240. The fourth-order valence-corrected chi connectivity index (χ4v) is 4.13. The zero-order valence-corrected chi connectivity index (χ0v) is 11.1. The number of nitrogens with zero attached hydrogens (tertiary/aromatic N) is 1. The number of piperidine rings is 1. The lowest BCUT2D eigenvalue weighted by Crippen LogP contribution is -2.43. The predicted molar refractivity (Wildman–Crippen MR) is 59.4 cm³/mol. The number of fused-ring (bicyclic) bond motifs is 1. The molecule has 2 aliphatic rings. The van der Waals surface area contributed by atoms with Gasteiger partial charge in [0.05, 0.1) is 9.28 Å². The second kappa shape index (κ2) is 3.04. The third-order valence-corrected chi connectivity index (χ3v) is 5.39. The maximum absolute atomic E-state index is 11.5. The number of carbonyl (C=O) groups is 2. The summed E-state index contributed by atoms with van der Waals surface area (Å²) in [6.07, 6.45) is 0. The van der Waals surface area contributed by atoms with Crippen LogP contribution in [0.1, 0.15) is 13.8 Å². The SMILES string of the molecule is CC(=O)[C@@H]1[C@@H]2[C@@H](CN1C(C)=O)C2(Br)Br. The van der Waals surface area contributed by atoms with E-state index in [-0.39, 0.29) is 26.9 Å². The van der Waals surface area contributed by atoms with Gasteiger partial charge in [0, 0.05) is 25.3 Å². The van der Waals surface area contributed by atoms with E-state index in [1.54, 1.807) is 11.8 Å². The van der Waals surface area contributed by atoms with Crippen LogP contribution in [0.2, 0.25) is 0 Å². The van der Waals surface area contributed by atoms with Crippen molar-refractivity contribution in [1.29, 1.82) is 0 Å². The van der Waals surface area contributed by atoms with Crippen LogP contribution in [0, 0.1) is 11.8 Å². The Hall–Kier alpha value is 0.1000. The standard InChI is InChI=1S/C9H11Br2NO2/c1-4(13)8-7-6(9(7,10)11)3-12(8)5(2)14/h6-8H,3H2,1-2H3/t6-,7+,8-/m1/s1. The molecule has 78 valence electrons. The molecule has 0 aromatic heterocycles. The summed E-state index contributed by atoms with van der Waals surface area (Å²) in [5, 5.41) is 0. The minimum Gasteiger partial charge on any atom is -0.332 e. The van der Waals surface area contributed by atoms with Crippen molar-refractivity contribution in [3.8, 4) is 0 Å². The summed E-state index contributed by atoms with van der Waals surface area (Å²) in [5.74, 6) is 0.686. The highest BCUT2D eigenvalue weighted by Crippen LogP contribution is 2.67. The number of ketones is 1. The van der Waals surface area contributed by atoms with Crippen molar-refractivity contribution in [2.24, 2.45) is 11.8 Å². The first-order valence-electron chi connectivity index (χ1n) is 4.53. The van der Waals surface area contributed by atoms with Gasteiger partial charge in [-0.3, -0.25) is 9.59 Å². The van der Waals surface area contributed by atoms with Crippen LogP contribution in [0.4, 0.5) is 0 Å². The summed E-state index contributed by atoms with van der Waals surface area (Å²) in [4.78, 5) is 24.4. The van der Waals surface area contributed by atoms with Crippen LogP contribution >= 0.6 is 31.9 Å². The molecule has 1 saturated heterocycles. The average molecular weight is 325 g/mol. The number of alkyl halides is 2. The van der Waals surface area contributed by atoms with Gasteiger partial charge in [0.2, 0.25) is 5.91 Å². The van der Waals surface area contributed by atoms with E-state index in [1.165, 1.54) is 6.92 Å². The van der Waals surface area contributed by atoms with E-state index in [4.69, 9.17) is 0 Å². The molecule has 14 heavy (non-hydrogen) atoms. The van der Waals surface area contributed by atoms with E-state index in [2.05, 4.69) is 31.9 Å². The second-order valence-corrected chi connectivity index (χ2v) is 7.72. The Morgan fingerprint density at radius 3 is 2.36 bits per heavy atom. The van der Waals surface area contributed by atoms with E-state index in [1.807, 2.05) is 0 Å². The first kappa shape index (κ1) is 10.6. The van der Waals surface area contributed by atoms with Crippen LogP contribution in [0.15, 0.2) is 0 Å². The van der Waals surface area contributed by atoms with Crippen molar-refractivity contribution in [1.82, 2.24) is 4.90 Å². The molecule has 0 bridgehead atoms. The molecular weight excluding hydrogens is 314 g/mol. The molecule has 1 aliphatic heterocycles. The van der Waals surface area contributed by atoms with Gasteiger partial charge in [-0.15, -0.1) is 0 Å². The highest BCUT2D eigenvalue weighted by atomic mass is 79.9. The zero-order valence-electron chi connectivity index (χ0n) is 7.96. The molecule has 3 atom stereocenters. The number of hydrogen-bond donors (Lipinski definition) is 0. The summed E-state index contributed by atoms with van der Waals surface area (Å²) in [7, 11) is 0. The van der Waals surface area contributed by atoms with Gasteiger partial charge in [-0.1, -0.05) is 31.9 Å². The molecule has 1 aliphatic carbocycles. The third kappa shape index (κ3) is 1.28. The van der Waals surface area contributed by atoms with Crippen LogP contribution in [0.3, 0.4) is 0 Å². The van der Waals surface area contributed by atoms with Gasteiger partial charge < -0.3 is 4.90 Å². The van der Waals surface area contributed by atoms with Gasteiger partial charge in [0.1, 0.15) is 0 Å². The first-order valence-corrected chi connectivity index (χ1v) is 6.11. The van der Waals surface area contributed by atoms with E-state index >= 15 is 0 Å². The molecule has 1 amide bonds. The molecule has 0 aromatic rings. The van der Waals surface area contributed by atoms with Gasteiger partial charge in [0.15, 0.2) is 5.78 Å². The highest BCUT2D eigenvalue weighted by molar-refractivity contribution is 9.25. The normalized spacial score (nSPS) is 38.0. The minimum atomic E-state index is -0.240. The van der Waals surface area contributed by atoms with Crippen LogP contribution in [-0.2, 0) is 9.59 Å². The number of halogens is 2. The molecule has 3 nitrogen and oxygen atoms in total. The number of rotatable bonds is 1. The van der Waals surface area contributed by atoms with Crippen molar-refractivity contribution < 1.29 is 9.59 Å². The first-order chi connectivity index (χ1) is 6.37. The number of Topliss-reactive ketones (excluding diaryl/α,β-unsaturated/α-hetero) is 1. The minimum absolute atomic E-state index is 0.00630. The van der Waals surface area contributed by atoms with E-state index in [0.29, 0.717) is 12.5 Å². The van der Waals surface area contributed by atoms with E-state index < -0.39 is 0 Å². The van der Waals surface area contributed by atoms with E-state index in [9.17, 15) is 9.59 Å². The van der Waals surface area contributed by atoms with Crippen molar-refractivity contribution in [2.75, 3.05) is 6.54 Å². The molecule has 0 N–H and O–H groups in total. The molecule has 0 spiro atoms. The smallest absolute Gasteiger partial charge is 0.220 e. The Morgan fingerprint density at radius 1 is 1.36 bits per heavy atom. The van der Waals surface area contributed by atoms with Crippen molar-refractivity contribution in [2.45, 2.75) is 23.1 Å². The molecule has 0 unspecified atom stereocenters. The summed E-state index contributed by atoms with van der Waals surface area (Å²) in [5.41, 5.74) is 0. The van der Waals surface area contributed by atoms with Gasteiger partial charge >= 0.3 is 0 Å². The van der Waals surface area contributed by atoms with Crippen LogP contribution in [0.25, 0.3) is 0 Å². The number of amides is 1. The highest BCUT2D eigenvalue weighted by Gasteiger charge is 2.71. The number of hydrogen-bond acceptors (Lipinski definition) is 2. The van der Waals surface area contributed by atoms with Crippen LogP contribution in [-0.4, -0.2) is 32.4 Å². The molecule has 5 heteroatoms. The Labute approximate surface area is 99.5 Å². The molecular formula is C9H11Br2NO2. The molecule has 1 heterocycles. The third-order valence-electron chi connectivity index (χ3n) is 3.15. The molecule has 1 saturated carbocycles. The van der Waals surface area contributed by atoms with Crippen LogP contribution in [0.5, 0.6) is 0 Å². The summed E-state index contributed by atoms with van der Waals surface area (Å²) in [6.45, 7) is 3.75. The Morgan fingerprint density at radius 2 is 1.93 bits per heavy atom. The number of carbonyl (C=O) groups excluding carboxylic acids is 2. The van der Waals surface area contributed by atoms with Gasteiger partial charge in [-0.2, -0.15) is 0 Å². The van der Waals surface area contributed by atoms with Crippen molar-refractivity contribution in [3.05, 3.63) is 0 Å². The topological polar surface area (TPSA) is 37.4 Å². The fourth-order valence-electron chi connectivity index (χ4n) is 2.40. The lowest BCUT2D eigenvalue weighted by Gasteiger charge is -2.26. The van der Waals surface area contributed by atoms with Gasteiger partial charge in [-0.25, -0.2) is 0 Å². The Bertz CT molecular complexity index is 316. The lowest BCUT2D eigenvalue weighted by atomic mass is 10.1. The fraction of sp³-hybridized carbons (Fsp3) is 0.778. The summed E-state index contributed by atoms with van der Waals surface area (Å²) >= 11 is 7.08. The van der Waals surface area contributed by atoms with Crippen LogP contribution < -0.4 is 0 Å². The largest absolute Gasteiger partial charge is 0.332 e.